The average Bonchev–Trinajstić information content (AvgIpc) is 2.36. The van der Waals surface area contributed by atoms with Crippen molar-refractivity contribution in [2.24, 2.45) is 5.92 Å². The Morgan fingerprint density at radius 2 is 2.00 bits per heavy atom. The Bertz CT molecular complexity index is 271. The third-order valence-corrected chi connectivity index (χ3v) is 3.95. The number of hydrogen-bond acceptors (Lipinski definition) is 3. The summed E-state index contributed by atoms with van der Waals surface area (Å²) in [6.07, 6.45) is 5.12. The minimum Gasteiger partial charge on any atom is -0.388 e. The summed E-state index contributed by atoms with van der Waals surface area (Å²) in [5.41, 5.74) is -0.668. The molecule has 0 aliphatic heterocycles. The van der Waals surface area contributed by atoms with Gasteiger partial charge < -0.3 is 15.7 Å². The molecule has 112 valence electrons. The highest BCUT2D eigenvalue weighted by atomic mass is 16.3. The van der Waals surface area contributed by atoms with Gasteiger partial charge in [0.15, 0.2) is 0 Å². The molecular weight excluding hydrogens is 240 g/mol. The van der Waals surface area contributed by atoms with Crippen LogP contribution < -0.4 is 10.6 Å². The molecule has 0 aromatic carbocycles. The van der Waals surface area contributed by atoms with Crippen molar-refractivity contribution in [3.8, 4) is 0 Å². The number of carbonyl (C=O) groups is 1. The molecule has 0 bridgehead atoms. The predicted octanol–water partition coefficient (Wildman–Crippen LogP) is 1.82. The molecule has 1 aliphatic carbocycles. The van der Waals surface area contributed by atoms with E-state index >= 15 is 0 Å². The lowest BCUT2D eigenvalue weighted by Gasteiger charge is -2.34. The van der Waals surface area contributed by atoms with Gasteiger partial charge in [0.05, 0.1) is 5.60 Å². The molecule has 0 radical (unpaired) electrons. The van der Waals surface area contributed by atoms with Crippen LogP contribution in [0.4, 0.5) is 0 Å². The summed E-state index contributed by atoms with van der Waals surface area (Å²) >= 11 is 0. The zero-order chi connectivity index (χ0) is 14.3. The van der Waals surface area contributed by atoms with Gasteiger partial charge in [0.25, 0.3) is 0 Å². The van der Waals surface area contributed by atoms with Gasteiger partial charge in [-0.3, -0.25) is 4.79 Å². The highest BCUT2D eigenvalue weighted by Gasteiger charge is 2.31. The van der Waals surface area contributed by atoms with E-state index in [1.54, 1.807) is 0 Å². The highest BCUT2D eigenvalue weighted by Crippen LogP contribution is 2.31. The van der Waals surface area contributed by atoms with Crippen molar-refractivity contribution in [1.82, 2.24) is 10.6 Å². The first-order chi connectivity index (χ1) is 8.91. The lowest BCUT2D eigenvalue weighted by Crippen LogP contribution is -2.45. The molecule has 0 saturated heterocycles. The molecule has 1 amide bonds. The molecule has 4 nitrogen and oxygen atoms in total. The number of rotatable bonds is 7. The SMILES string of the molecule is CC1CCC(O)(CNC(=O)CCCNC(C)C)CC1. The minimum absolute atomic E-state index is 0.0533. The van der Waals surface area contributed by atoms with E-state index in [1.807, 2.05) is 0 Å². The Morgan fingerprint density at radius 3 is 2.58 bits per heavy atom. The summed E-state index contributed by atoms with van der Waals surface area (Å²) in [5.74, 6) is 0.760. The van der Waals surface area contributed by atoms with Crippen LogP contribution in [0, 0.1) is 5.92 Å². The Morgan fingerprint density at radius 1 is 1.37 bits per heavy atom. The number of aliphatic hydroxyl groups is 1. The van der Waals surface area contributed by atoms with Gasteiger partial charge in [0.2, 0.25) is 5.91 Å². The summed E-state index contributed by atoms with van der Waals surface area (Å²) in [7, 11) is 0. The first-order valence-corrected chi connectivity index (χ1v) is 7.64. The van der Waals surface area contributed by atoms with Crippen molar-refractivity contribution in [2.75, 3.05) is 13.1 Å². The summed E-state index contributed by atoms with van der Waals surface area (Å²) < 4.78 is 0. The second-order valence-corrected chi connectivity index (χ2v) is 6.40. The van der Waals surface area contributed by atoms with E-state index in [0.717, 1.165) is 38.6 Å². The van der Waals surface area contributed by atoms with E-state index in [1.165, 1.54) is 0 Å². The Labute approximate surface area is 117 Å². The monoisotopic (exact) mass is 270 g/mol. The maximum atomic E-state index is 11.7. The Hall–Kier alpha value is -0.610. The van der Waals surface area contributed by atoms with Gasteiger partial charge >= 0.3 is 0 Å². The maximum Gasteiger partial charge on any atom is 0.220 e. The van der Waals surface area contributed by atoms with Crippen molar-refractivity contribution in [3.63, 3.8) is 0 Å². The molecule has 19 heavy (non-hydrogen) atoms. The second kappa shape index (κ2) is 7.85. The molecule has 0 aromatic rings. The smallest absolute Gasteiger partial charge is 0.220 e. The number of nitrogens with one attached hydrogen (secondary N) is 2. The van der Waals surface area contributed by atoms with Gasteiger partial charge in [-0.15, -0.1) is 0 Å². The van der Waals surface area contributed by atoms with Gasteiger partial charge in [-0.1, -0.05) is 20.8 Å². The van der Waals surface area contributed by atoms with Crippen LogP contribution in [0.3, 0.4) is 0 Å². The second-order valence-electron chi connectivity index (χ2n) is 6.40. The molecule has 0 unspecified atom stereocenters. The lowest BCUT2D eigenvalue weighted by atomic mass is 9.79. The molecule has 0 aromatic heterocycles. The molecule has 0 atom stereocenters. The highest BCUT2D eigenvalue weighted by molar-refractivity contribution is 5.75. The zero-order valence-corrected chi connectivity index (χ0v) is 12.7. The van der Waals surface area contributed by atoms with E-state index in [-0.39, 0.29) is 5.91 Å². The standard InChI is InChI=1S/C15H30N2O2/c1-12(2)16-10-4-5-14(18)17-11-15(19)8-6-13(3)7-9-15/h12-13,16,19H,4-11H2,1-3H3,(H,17,18). The number of carbonyl (C=O) groups excluding carboxylic acids is 1. The molecule has 1 aliphatic rings. The van der Waals surface area contributed by atoms with Gasteiger partial charge in [0.1, 0.15) is 0 Å². The van der Waals surface area contributed by atoms with Crippen molar-refractivity contribution in [3.05, 3.63) is 0 Å². The third-order valence-electron chi connectivity index (χ3n) is 3.95. The van der Waals surface area contributed by atoms with Crippen LogP contribution in [0.15, 0.2) is 0 Å². The van der Waals surface area contributed by atoms with Crippen LogP contribution in [0.5, 0.6) is 0 Å². The number of amides is 1. The first kappa shape index (κ1) is 16.4. The fourth-order valence-corrected chi connectivity index (χ4v) is 2.47. The largest absolute Gasteiger partial charge is 0.388 e. The van der Waals surface area contributed by atoms with Crippen molar-refractivity contribution in [2.45, 2.75) is 70.9 Å². The summed E-state index contributed by atoms with van der Waals surface area (Å²) in [6.45, 7) is 7.70. The molecule has 4 heteroatoms. The molecular formula is C15H30N2O2. The summed E-state index contributed by atoms with van der Waals surface area (Å²) in [6, 6.07) is 0.466. The predicted molar refractivity (Wildman–Crippen MR) is 78.0 cm³/mol. The molecule has 1 rings (SSSR count). The molecule has 1 saturated carbocycles. The van der Waals surface area contributed by atoms with Crippen LogP contribution in [0.1, 0.15) is 59.3 Å². The van der Waals surface area contributed by atoms with E-state index < -0.39 is 5.60 Å². The average molecular weight is 270 g/mol. The fourth-order valence-electron chi connectivity index (χ4n) is 2.47. The van der Waals surface area contributed by atoms with Gasteiger partial charge in [-0.05, 0) is 44.6 Å². The zero-order valence-electron chi connectivity index (χ0n) is 12.7. The first-order valence-electron chi connectivity index (χ1n) is 7.64. The van der Waals surface area contributed by atoms with Gasteiger partial charge in [-0.25, -0.2) is 0 Å². The van der Waals surface area contributed by atoms with Gasteiger partial charge in [-0.2, -0.15) is 0 Å². The van der Waals surface area contributed by atoms with Crippen LogP contribution >= 0.6 is 0 Å². The molecule has 0 heterocycles. The van der Waals surface area contributed by atoms with Crippen molar-refractivity contribution in [1.29, 1.82) is 0 Å². The van der Waals surface area contributed by atoms with E-state index in [0.29, 0.717) is 24.9 Å². The lowest BCUT2D eigenvalue weighted by molar-refractivity contribution is -0.122. The van der Waals surface area contributed by atoms with Gasteiger partial charge in [0, 0.05) is 19.0 Å². The summed E-state index contributed by atoms with van der Waals surface area (Å²) in [5, 5.41) is 16.5. The summed E-state index contributed by atoms with van der Waals surface area (Å²) in [4.78, 5) is 11.7. The normalized spacial score (nSPS) is 27.5. The Kier molecular flexibility index (Phi) is 6.80. The van der Waals surface area contributed by atoms with Crippen molar-refractivity contribution < 1.29 is 9.90 Å². The van der Waals surface area contributed by atoms with Crippen LogP contribution in [-0.4, -0.2) is 35.7 Å². The maximum absolute atomic E-state index is 11.7. The Balaban J connectivity index is 2.12. The fraction of sp³-hybridized carbons (Fsp3) is 0.933. The van der Waals surface area contributed by atoms with Crippen molar-refractivity contribution >= 4 is 5.91 Å². The quantitative estimate of drug-likeness (QED) is 0.618. The van der Waals surface area contributed by atoms with Crippen LogP contribution in [0.25, 0.3) is 0 Å². The number of hydrogen-bond donors (Lipinski definition) is 3. The molecule has 3 N–H and O–H groups in total. The topological polar surface area (TPSA) is 61.4 Å². The van der Waals surface area contributed by atoms with Crippen LogP contribution in [0.2, 0.25) is 0 Å². The molecule has 0 spiro atoms. The molecule has 1 fully saturated rings. The van der Waals surface area contributed by atoms with E-state index in [4.69, 9.17) is 0 Å². The van der Waals surface area contributed by atoms with Crippen LogP contribution in [-0.2, 0) is 4.79 Å². The minimum atomic E-state index is -0.668. The van der Waals surface area contributed by atoms with E-state index in [9.17, 15) is 9.90 Å². The van der Waals surface area contributed by atoms with E-state index in [2.05, 4.69) is 31.4 Å². The third kappa shape index (κ3) is 6.92.